The number of hydrogen-bond acceptors (Lipinski definition) is 5. The third-order valence-electron chi connectivity index (χ3n) is 10.1. The van der Waals surface area contributed by atoms with E-state index >= 15 is 0 Å². The van der Waals surface area contributed by atoms with Gasteiger partial charge >= 0.3 is 5.97 Å². The number of nitrogens with zero attached hydrogens (tertiary/aromatic N) is 1. The zero-order valence-electron chi connectivity index (χ0n) is 24.1. The Labute approximate surface area is 256 Å². The van der Waals surface area contributed by atoms with E-state index in [2.05, 4.69) is 9.71 Å². The van der Waals surface area contributed by atoms with E-state index in [4.69, 9.17) is 16.3 Å². The molecule has 0 radical (unpaired) electrons. The number of fused-ring (bicyclic) bond motifs is 3. The fraction of sp³-hybridized carbons (Fsp3) is 0.455. The minimum absolute atomic E-state index is 0.147. The minimum atomic E-state index is -3.76. The van der Waals surface area contributed by atoms with Gasteiger partial charge in [0.1, 0.15) is 6.04 Å². The molecule has 1 aromatic heterocycles. The number of esters is 1. The number of ether oxygens (including phenoxy) is 1. The maximum atomic E-state index is 13.7. The van der Waals surface area contributed by atoms with E-state index in [-0.39, 0.29) is 28.6 Å². The number of hydrogen-bond donors (Lipinski definition) is 2. The Morgan fingerprint density at radius 2 is 1.70 bits per heavy atom. The van der Waals surface area contributed by atoms with E-state index in [1.165, 1.54) is 37.3 Å². The quantitative estimate of drug-likeness (QED) is 0.213. The first-order chi connectivity index (χ1) is 20.7. The van der Waals surface area contributed by atoms with Crippen molar-refractivity contribution in [3.63, 3.8) is 0 Å². The largest absolute Gasteiger partial charge is 0.467 e. The van der Waals surface area contributed by atoms with Crippen LogP contribution in [0.25, 0.3) is 10.9 Å². The molecule has 2 heterocycles. The lowest BCUT2D eigenvalue weighted by molar-refractivity contribution is -0.153. The molecular weight excluding hydrogens is 586 g/mol. The van der Waals surface area contributed by atoms with Crippen molar-refractivity contribution in [1.82, 2.24) is 14.6 Å². The SMILES string of the molecule is COC(=O)[C@H]1Cc2c([nH]c3ccccc23)[C@H](c2ccc(S(=O)(=O)NC34CC5CC(CC(C5)C3)C4)cc2)N1C(=O)/C=C/CCl. The first-order valence-electron chi connectivity index (χ1n) is 15.1. The Kier molecular flexibility index (Phi) is 7.18. The van der Waals surface area contributed by atoms with Gasteiger partial charge in [-0.25, -0.2) is 17.9 Å². The van der Waals surface area contributed by atoms with E-state index in [0.717, 1.165) is 41.4 Å². The van der Waals surface area contributed by atoms with E-state index in [9.17, 15) is 18.0 Å². The average molecular weight is 622 g/mol. The molecule has 2 N–H and O–H groups in total. The van der Waals surface area contributed by atoms with Crippen molar-refractivity contribution in [1.29, 1.82) is 0 Å². The number of sulfonamides is 1. The summed E-state index contributed by atoms with van der Waals surface area (Å²) in [7, 11) is -2.44. The lowest BCUT2D eigenvalue weighted by Crippen LogP contribution is -2.59. The average Bonchev–Trinajstić information content (AvgIpc) is 3.35. The van der Waals surface area contributed by atoms with Gasteiger partial charge < -0.3 is 14.6 Å². The highest BCUT2D eigenvalue weighted by molar-refractivity contribution is 7.89. The van der Waals surface area contributed by atoms with Crippen LogP contribution >= 0.6 is 11.6 Å². The number of H-pyrrole nitrogens is 1. The Morgan fingerprint density at radius 1 is 1.05 bits per heavy atom. The van der Waals surface area contributed by atoms with Crippen molar-refractivity contribution >= 4 is 44.4 Å². The number of halogens is 1. The molecule has 8 rings (SSSR count). The predicted octanol–water partition coefficient (Wildman–Crippen LogP) is 5.23. The standard InChI is InChI=1S/C33H36ClN3O5S/c1-42-32(39)28-16-26-25-5-2-3-6-27(25)35-30(26)31(37(28)29(38)7-4-12-34)23-8-10-24(11-9-23)43(40,41)36-33-17-20-13-21(18-33)15-22(14-20)19-33/h2-11,20-22,28,31,35-36H,12-19H2,1H3/b7-4+/t20?,21?,22?,28-,31+,33?/m1/s1. The van der Waals surface area contributed by atoms with Crippen molar-refractivity contribution in [2.24, 2.45) is 17.8 Å². The number of carbonyl (C=O) groups excluding carboxylic acids is 2. The van der Waals surface area contributed by atoms with Gasteiger partial charge in [0.15, 0.2) is 0 Å². The van der Waals surface area contributed by atoms with Gasteiger partial charge in [-0.05, 0) is 85.6 Å². The Bertz CT molecular complexity index is 1680. The highest BCUT2D eigenvalue weighted by Crippen LogP contribution is 2.56. The zero-order valence-corrected chi connectivity index (χ0v) is 25.7. The number of alkyl halides is 1. The first kappa shape index (κ1) is 28.6. The van der Waals surface area contributed by atoms with Gasteiger partial charge in [-0.2, -0.15) is 0 Å². The van der Waals surface area contributed by atoms with Crippen LogP contribution in [0.15, 0.2) is 65.6 Å². The van der Waals surface area contributed by atoms with E-state index in [1.54, 1.807) is 30.3 Å². The van der Waals surface area contributed by atoms with Crippen LogP contribution in [0.1, 0.15) is 61.4 Å². The fourth-order valence-electron chi connectivity index (χ4n) is 8.87. The van der Waals surface area contributed by atoms with Crippen LogP contribution in [0.4, 0.5) is 0 Å². The minimum Gasteiger partial charge on any atom is -0.467 e. The molecule has 3 aromatic rings. The Balaban J connectivity index is 1.27. The first-order valence-corrected chi connectivity index (χ1v) is 17.1. The fourth-order valence-corrected chi connectivity index (χ4v) is 10.4. The number of aromatic nitrogens is 1. The molecule has 4 saturated carbocycles. The number of methoxy groups -OCH3 is 1. The highest BCUT2D eigenvalue weighted by Gasteiger charge is 2.52. The van der Waals surface area contributed by atoms with Crippen LogP contribution in [0, 0.1) is 17.8 Å². The molecule has 2 atom stereocenters. The molecule has 0 unspecified atom stereocenters. The summed E-state index contributed by atoms with van der Waals surface area (Å²) in [5, 5.41) is 0.971. The normalized spacial score (nSPS) is 29.7. The highest BCUT2D eigenvalue weighted by atomic mass is 35.5. The molecule has 4 fully saturated rings. The van der Waals surface area contributed by atoms with Gasteiger partial charge in [-0.15, -0.1) is 11.6 Å². The molecule has 2 aromatic carbocycles. The summed E-state index contributed by atoms with van der Waals surface area (Å²) in [6, 6.07) is 13.0. The second-order valence-corrected chi connectivity index (χ2v) is 14.9. The third-order valence-corrected chi connectivity index (χ3v) is 11.9. The zero-order chi connectivity index (χ0) is 29.9. The predicted molar refractivity (Wildman–Crippen MR) is 164 cm³/mol. The van der Waals surface area contributed by atoms with Crippen LogP contribution in [0.3, 0.4) is 0 Å². The topological polar surface area (TPSA) is 109 Å². The van der Waals surface area contributed by atoms with Crippen LogP contribution in [-0.4, -0.2) is 54.7 Å². The monoisotopic (exact) mass is 621 g/mol. The lowest BCUT2D eigenvalue weighted by atomic mass is 9.53. The number of aromatic amines is 1. The van der Waals surface area contributed by atoms with E-state index in [0.29, 0.717) is 23.3 Å². The number of amides is 1. The van der Waals surface area contributed by atoms with E-state index < -0.39 is 28.1 Å². The number of carbonyl (C=O) groups is 2. The van der Waals surface area contributed by atoms with Crippen molar-refractivity contribution < 1.29 is 22.7 Å². The number of allylic oxidation sites excluding steroid dienone is 1. The number of benzene rings is 2. The maximum Gasteiger partial charge on any atom is 0.328 e. The Hall–Kier alpha value is -3.14. The van der Waals surface area contributed by atoms with Gasteiger partial charge in [0.25, 0.3) is 0 Å². The Morgan fingerprint density at radius 3 is 2.33 bits per heavy atom. The summed E-state index contributed by atoms with van der Waals surface area (Å²) in [6.45, 7) is 0. The van der Waals surface area contributed by atoms with Crippen LogP contribution in [0.2, 0.25) is 0 Å². The lowest BCUT2D eigenvalue weighted by Gasteiger charge is -2.56. The van der Waals surface area contributed by atoms with Crippen molar-refractivity contribution in [3.8, 4) is 0 Å². The summed E-state index contributed by atoms with van der Waals surface area (Å²) in [6.07, 6.45) is 9.65. The number of para-hydroxylation sites is 1. The molecular formula is C33H36ClN3O5S. The van der Waals surface area contributed by atoms with Crippen molar-refractivity contribution in [3.05, 3.63) is 77.5 Å². The van der Waals surface area contributed by atoms with Crippen LogP contribution < -0.4 is 4.72 Å². The van der Waals surface area contributed by atoms with Crippen molar-refractivity contribution in [2.75, 3.05) is 13.0 Å². The summed E-state index contributed by atoms with van der Waals surface area (Å²) in [4.78, 5) is 32.0. The summed E-state index contributed by atoms with van der Waals surface area (Å²) >= 11 is 5.85. The van der Waals surface area contributed by atoms with Crippen LogP contribution in [0.5, 0.6) is 0 Å². The molecule has 43 heavy (non-hydrogen) atoms. The molecule has 1 amide bonds. The molecule has 10 heteroatoms. The van der Waals surface area contributed by atoms with Crippen LogP contribution in [-0.2, 0) is 30.8 Å². The smallest absolute Gasteiger partial charge is 0.328 e. The second kappa shape index (κ2) is 10.8. The maximum absolute atomic E-state index is 13.7. The van der Waals surface area contributed by atoms with Gasteiger partial charge in [0.05, 0.1) is 18.0 Å². The third kappa shape index (κ3) is 4.99. The molecule has 226 valence electrons. The molecule has 0 saturated heterocycles. The number of nitrogens with one attached hydrogen (secondary N) is 2. The summed E-state index contributed by atoms with van der Waals surface area (Å²) in [5.74, 6) is 1.10. The molecule has 5 aliphatic rings. The molecule has 1 aliphatic heterocycles. The van der Waals surface area contributed by atoms with Gasteiger partial charge in [0, 0.05) is 40.5 Å². The molecule has 4 aliphatic carbocycles. The summed E-state index contributed by atoms with van der Waals surface area (Å²) < 4.78 is 35.8. The van der Waals surface area contributed by atoms with Gasteiger partial charge in [0.2, 0.25) is 15.9 Å². The summed E-state index contributed by atoms with van der Waals surface area (Å²) in [5.41, 5.74) is 2.95. The van der Waals surface area contributed by atoms with E-state index in [1.807, 2.05) is 24.3 Å². The second-order valence-electron chi connectivity index (χ2n) is 12.9. The molecule has 8 nitrogen and oxygen atoms in total. The van der Waals surface area contributed by atoms with Crippen molar-refractivity contribution in [2.45, 2.75) is 67.5 Å². The van der Waals surface area contributed by atoms with Gasteiger partial charge in [-0.1, -0.05) is 36.4 Å². The molecule has 0 spiro atoms. The van der Waals surface area contributed by atoms with Gasteiger partial charge in [-0.3, -0.25) is 4.79 Å². The molecule has 4 bridgehead atoms. The number of rotatable bonds is 7.